The van der Waals surface area contributed by atoms with Crippen molar-refractivity contribution in [1.29, 1.82) is 0 Å². The highest BCUT2D eigenvalue weighted by molar-refractivity contribution is 7.12. The monoisotopic (exact) mass is 252 g/mol. The molecule has 0 bridgehead atoms. The van der Waals surface area contributed by atoms with Crippen LogP contribution in [0.2, 0.25) is 0 Å². The van der Waals surface area contributed by atoms with E-state index >= 15 is 0 Å². The second kappa shape index (κ2) is 5.98. The molecule has 1 saturated heterocycles. The average Bonchev–Trinajstić information content (AvgIpc) is 2.76. The molecule has 3 heteroatoms. The maximum atomic E-state index is 5.74. The minimum atomic E-state index is 0.561. The Labute approximate surface area is 109 Å². The molecule has 1 aromatic heterocycles. The summed E-state index contributed by atoms with van der Waals surface area (Å²) in [5, 5.41) is 0. The lowest BCUT2D eigenvalue weighted by Gasteiger charge is -2.39. The number of likely N-dealkylation sites (tertiary alicyclic amines) is 1. The average molecular weight is 252 g/mol. The minimum Gasteiger partial charge on any atom is -0.330 e. The third-order valence-corrected chi connectivity index (χ3v) is 5.01. The number of nitrogens with two attached hydrogens (primary N) is 1. The van der Waals surface area contributed by atoms with Crippen molar-refractivity contribution in [3.8, 4) is 0 Å². The fourth-order valence-electron chi connectivity index (χ4n) is 2.88. The highest BCUT2D eigenvalue weighted by Gasteiger charge is 2.27. The smallest absolute Gasteiger partial charge is 0.0416 e. The van der Waals surface area contributed by atoms with Gasteiger partial charge in [-0.2, -0.15) is 0 Å². The summed E-state index contributed by atoms with van der Waals surface area (Å²) in [6, 6.07) is 5.79. The summed E-state index contributed by atoms with van der Waals surface area (Å²) in [6.45, 7) is 6.59. The van der Waals surface area contributed by atoms with Gasteiger partial charge in [-0.15, -0.1) is 11.3 Å². The van der Waals surface area contributed by atoms with Crippen molar-refractivity contribution in [3.05, 3.63) is 21.9 Å². The molecular weight excluding hydrogens is 228 g/mol. The first-order valence-electron chi connectivity index (χ1n) is 6.74. The fraction of sp³-hybridized carbons (Fsp3) is 0.714. The zero-order chi connectivity index (χ0) is 12.3. The second-order valence-electron chi connectivity index (χ2n) is 5.09. The quantitative estimate of drug-likeness (QED) is 0.890. The van der Waals surface area contributed by atoms with Crippen molar-refractivity contribution < 1.29 is 0 Å². The van der Waals surface area contributed by atoms with Crippen LogP contribution >= 0.6 is 11.3 Å². The van der Waals surface area contributed by atoms with Crippen molar-refractivity contribution in [2.24, 2.45) is 5.73 Å². The van der Waals surface area contributed by atoms with Crippen molar-refractivity contribution in [2.75, 3.05) is 13.1 Å². The van der Waals surface area contributed by atoms with Gasteiger partial charge in [0.2, 0.25) is 0 Å². The Kier molecular flexibility index (Phi) is 4.60. The molecular formula is C14H24N2S. The predicted octanol–water partition coefficient (Wildman–Crippen LogP) is 3.32. The van der Waals surface area contributed by atoms with Crippen molar-refractivity contribution in [1.82, 2.24) is 4.90 Å². The van der Waals surface area contributed by atoms with Gasteiger partial charge in [0.15, 0.2) is 0 Å². The highest BCUT2D eigenvalue weighted by Crippen LogP contribution is 2.32. The van der Waals surface area contributed by atoms with E-state index in [2.05, 4.69) is 30.9 Å². The molecule has 2 rings (SSSR count). The first-order valence-corrected chi connectivity index (χ1v) is 7.56. The molecule has 1 fully saturated rings. The molecule has 0 saturated carbocycles. The van der Waals surface area contributed by atoms with E-state index < -0.39 is 0 Å². The second-order valence-corrected chi connectivity index (χ2v) is 6.41. The van der Waals surface area contributed by atoms with Gasteiger partial charge in [-0.3, -0.25) is 4.90 Å². The number of nitrogens with zero attached hydrogens (tertiary/aromatic N) is 1. The molecule has 0 aliphatic carbocycles. The van der Waals surface area contributed by atoms with E-state index in [1.165, 1.54) is 35.6 Å². The Morgan fingerprint density at radius 1 is 1.47 bits per heavy atom. The van der Waals surface area contributed by atoms with Gasteiger partial charge in [0.25, 0.3) is 0 Å². The molecule has 1 aliphatic heterocycles. The van der Waals surface area contributed by atoms with Crippen LogP contribution in [0.1, 0.15) is 48.4 Å². The Morgan fingerprint density at radius 3 is 2.94 bits per heavy atom. The molecule has 1 aliphatic rings. The summed E-state index contributed by atoms with van der Waals surface area (Å²) < 4.78 is 0. The standard InChI is InChI=1S/C14H24N2S/c1-11-6-7-14(17-11)12(2)16-10-4-3-5-13(16)8-9-15/h6-7,12-13H,3-5,8-10,15H2,1-2H3. The Balaban J connectivity index is 2.07. The Hall–Kier alpha value is -0.380. The molecule has 96 valence electrons. The molecule has 2 atom stereocenters. The highest BCUT2D eigenvalue weighted by atomic mass is 32.1. The van der Waals surface area contributed by atoms with Crippen LogP contribution in [0, 0.1) is 6.92 Å². The number of thiophene rings is 1. The van der Waals surface area contributed by atoms with E-state index in [0.717, 1.165) is 13.0 Å². The number of piperidine rings is 1. The summed E-state index contributed by atoms with van der Waals surface area (Å²) in [7, 11) is 0. The van der Waals surface area contributed by atoms with Gasteiger partial charge < -0.3 is 5.73 Å². The summed E-state index contributed by atoms with van der Waals surface area (Å²) in [6.07, 6.45) is 5.19. The molecule has 0 amide bonds. The molecule has 17 heavy (non-hydrogen) atoms. The largest absolute Gasteiger partial charge is 0.330 e. The number of hydrogen-bond acceptors (Lipinski definition) is 3. The maximum absolute atomic E-state index is 5.74. The first kappa shape index (κ1) is 13.1. The Bertz CT molecular complexity index is 346. The summed E-state index contributed by atoms with van der Waals surface area (Å²) in [5.41, 5.74) is 5.74. The molecule has 2 nitrogen and oxygen atoms in total. The van der Waals surface area contributed by atoms with Gasteiger partial charge in [-0.05, 0) is 58.3 Å². The van der Waals surface area contributed by atoms with E-state index in [4.69, 9.17) is 5.73 Å². The lowest BCUT2D eigenvalue weighted by atomic mass is 9.97. The van der Waals surface area contributed by atoms with Crippen LogP contribution in [-0.2, 0) is 0 Å². The van der Waals surface area contributed by atoms with Crippen LogP contribution in [0.4, 0.5) is 0 Å². The predicted molar refractivity (Wildman–Crippen MR) is 75.5 cm³/mol. The molecule has 2 unspecified atom stereocenters. The van der Waals surface area contributed by atoms with Crippen LogP contribution in [-0.4, -0.2) is 24.0 Å². The van der Waals surface area contributed by atoms with Gasteiger partial charge in [-0.1, -0.05) is 6.42 Å². The third kappa shape index (κ3) is 3.09. The van der Waals surface area contributed by atoms with Crippen molar-refractivity contribution >= 4 is 11.3 Å². The molecule has 2 heterocycles. The van der Waals surface area contributed by atoms with Crippen LogP contribution in [0.25, 0.3) is 0 Å². The van der Waals surface area contributed by atoms with E-state index in [-0.39, 0.29) is 0 Å². The number of rotatable bonds is 4. The summed E-state index contributed by atoms with van der Waals surface area (Å²) in [4.78, 5) is 5.59. The van der Waals surface area contributed by atoms with E-state index in [9.17, 15) is 0 Å². The third-order valence-electron chi connectivity index (χ3n) is 3.84. The SMILES string of the molecule is Cc1ccc(C(C)N2CCCCC2CCN)s1. The van der Waals surface area contributed by atoms with Gasteiger partial charge in [0.1, 0.15) is 0 Å². The number of hydrogen-bond donors (Lipinski definition) is 1. The van der Waals surface area contributed by atoms with Crippen LogP contribution in [0.5, 0.6) is 0 Å². The van der Waals surface area contributed by atoms with Gasteiger partial charge in [-0.25, -0.2) is 0 Å². The number of aryl methyl sites for hydroxylation is 1. The molecule has 0 spiro atoms. The Morgan fingerprint density at radius 2 is 2.29 bits per heavy atom. The normalized spacial score (nSPS) is 23.8. The molecule has 0 radical (unpaired) electrons. The topological polar surface area (TPSA) is 29.3 Å². The summed E-state index contributed by atoms with van der Waals surface area (Å²) >= 11 is 1.94. The lowest BCUT2D eigenvalue weighted by Crippen LogP contribution is -2.41. The van der Waals surface area contributed by atoms with Crippen LogP contribution in [0.15, 0.2) is 12.1 Å². The zero-order valence-electron chi connectivity index (χ0n) is 11.0. The minimum absolute atomic E-state index is 0.561. The molecule has 1 aromatic rings. The van der Waals surface area contributed by atoms with Crippen LogP contribution in [0.3, 0.4) is 0 Å². The zero-order valence-corrected chi connectivity index (χ0v) is 11.8. The van der Waals surface area contributed by atoms with Gasteiger partial charge >= 0.3 is 0 Å². The van der Waals surface area contributed by atoms with Crippen LogP contribution < -0.4 is 5.73 Å². The molecule has 2 N–H and O–H groups in total. The lowest BCUT2D eigenvalue weighted by molar-refractivity contribution is 0.100. The van der Waals surface area contributed by atoms with Gasteiger partial charge in [0.05, 0.1) is 0 Å². The van der Waals surface area contributed by atoms with Gasteiger partial charge in [0, 0.05) is 21.8 Å². The maximum Gasteiger partial charge on any atom is 0.0416 e. The van der Waals surface area contributed by atoms with E-state index in [1.54, 1.807) is 0 Å². The summed E-state index contributed by atoms with van der Waals surface area (Å²) in [5.74, 6) is 0. The fourth-order valence-corrected chi connectivity index (χ4v) is 3.83. The van der Waals surface area contributed by atoms with E-state index in [1.807, 2.05) is 11.3 Å². The van der Waals surface area contributed by atoms with Crippen molar-refractivity contribution in [2.45, 2.75) is 51.6 Å². The first-order chi connectivity index (χ1) is 8.22. The van der Waals surface area contributed by atoms with Crippen molar-refractivity contribution in [3.63, 3.8) is 0 Å². The van der Waals surface area contributed by atoms with E-state index in [0.29, 0.717) is 12.1 Å². The molecule has 0 aromatic carbocycles.